The van der Waals surface area contributed by atoms with Gasteiger partial charge in [0.15, 0.2) is 0 Å². The molecule has 3 N–H and O–H groups in total. The predicted molar refractivity (Wildman–Crippen MR) is 173 cm³/mol. The van der Waals surface area contributed by atoms with Crippen molar-refractivity contribution >= 4 is 33.8 Å². The standard InChI is InChI=1S/C34H44N4O4S/c1-4-34(5-2,33(39)40)20-21-35-30-10-6-8-27(24-30)14-15-28-9-7-11-31(36-28)25-38-22-18-29(19-23-38)37-43(41,42)32-16-12-26(3)13-17-32/h6-17,24,29,35,37H,4-5,18-23,25H2,1-3H3,(H,39,40). The zero-order valence-electron chi connectivity index (χ0n) is 25.4. The number of anilines is 1. The van der Waals surface area contributed by atoms with Gasteiger partial charge in [0.1, 0.15) is 0 Å². The first-order chi connectivity index (χ1) is 20.6. The van der Waals surface area contributed by atoms with Crippen molar-refractivity contribution in [3.63, 3.8) is 0 Å². The Kier molecular flexibility index (Phi) is 11.1. The monoisotopic (exact) mass is 604 g/mol. The first-order valence-corrected chi connectivity index (χ1v) is 16.6. The van der Waals surface area contributed by atoms with Gasteiger partial charge in [-0.2, -0.15) is 0 Å². The van der Waals surface area contributed by atoms with E-state index in [4.69, 9.17) is 4.98 Å². The quantitative estimate of drug-likeness (QED) is 0.201. The van der Waals surface area contributed by atoms with Gasteiger partial charge in [-0.1, -0.05) is 55.8 Å². The van der Waals surface area contributed by atoms with E-state index in [1.54, 1.807) is 12.1 Å². The van der Waals surface area contributed by atoms with E-state index >= 15 is 0 Å². The summed E-state index contributed by atoms with van der Waals surface area (Å²) < 4.78 is 28.4. The largest absolute Gasteiger partial charge is 0.481 e. The Hall–Kier alpha value is -3.53. The molecule has 0 aliphatic carbocycles. The van der Waals surface area contributed by atoms with Crippen LogP contribution in [0.1, 0.15) is 68.5 Å². The third kappa shape index (κ3) is 8.98. The van der Waals surface area contributed by atoms with Crippen LogP contribution in [0.15, 0.2) is 71.6 Å². The Morgan fingerprint density at radius 1 is 1.02 bits per heavy atom. The van der Waals surface area contributed by atoms with Gasteiger partial charge < -0.3 is 10.4 Å². The molecule has 2 aromatic carbocycles. The zero-order valence-corrected chi connectivity index (χ0v) is 26.2. The number of hydrogen-bond donors (Lipinski definition) is 3. The van der Waals surface area contributed by atoms with Gasteiger partial charge in [0, 0.05) is 37.9 Å². The molecule has 9 heteroatoms. The molecule has 230 valence electrons. The van der Waals surface area contributed by atoms with Crippen LogP contribution in [0.25, 0.3) is 12.2 Å². The number of aliphatic carboxylic acids is 1. The maximum atomic E-state index is 12.8. The summed E-state index contributed by atoms with van der Waals surface area (Å²) in [6.07, 6.45) is 7.34. The summed E-state index contributed by atoms with van der Waals surface area (Å²) in [5.74, 6) is -0.725. The maximum absolute atomic E-state index is 12.8. The SMILES string of the molecule is CCC(CC)(CCNc1cccc(C=Cc2cccc(CN3CCC(NS(=O)(=O)c4ccc(C)cc4)CC3)n2)c1)C(=O)O. The topological polar surface area (TPSA) is 112 Å². The molecule has 0 unspecified atom stereocenters. The molecule has 0 spiro atoms. The van der Waals surface area contributed by atoms with Crippen molar-refractivity contribution in [3.05, 3.63) is 89.2 Å². The van der Waals surface area contributed by atoms with Gasteiger partial charge >= 0.3 is 5.97 Å². The summed E-state index contributed by atoms with van der Waals surface area (Å²) in [6, 6.07) is 20.9. The normalized spacial score (nSPS) is 15.1. The van der Waals surface area contributed by atoms with Gasteiger partial charge in [-0.15, -0.1) is 0 Å². The number of rotatable bonds is 14. The molecule has 1 aliphatic rings. The van der Waals surface area contributed by atoms with Gasteiger partial charge in [0.25, 0.3) is 0 Å². The Morgan fingerprint density at radius 2 is 1.72 bits per heavy atom. The maximum Gasteiger partial charge on any atom is 0.309 e. The molecular weight excluding hydrogens is 560 g/mol. The van der Waals surface area contributed by atoms with E-state index in [0.717, 1.165) is 54.1 Å². The number of carboxylic acids is 1. The van der Waals surface area contributed by atoms with Crippen molar-refractivity contribution in [2.45, 2.75) is 70.4 Å². The predicted octanol–water partition coefficient (Wildman–Crippen LogP) is 6.20. The Bertz CT molecular complexity index is 1490. The molecule has 43 heavy (non-hydrogen) atoms. The molecule has 1 aromatic heterocycles. The van der Waals surface area contributed by atoms with Gasteiger partial charge in [0.05, 0.1) is 21.7 Å². The summed E-state index contributed by atoms with van der Waals surface area (Å²) in [5.41, 5.74) is 4.18. The minimum atomic E-state index is -3.52. The molecule has 0 saturated carbocycles. The van der Waals surface area contributed by atoms with Gasteiger partial charge in [-0.25, -0.2) is 13.1 Å². The fraction of sp³-hybridized carbons (Fsp3) is 0.412. The second-order valence-corrected chi connectivity index (χ2v) is 13.2. The molecule has 0 amide bonds. The molecule has 1 fully saturated rings. The number of nitrogens with one attached hydrogen (secondary N) is 2. The molecule has 2 heterocycles. The number of aryl methyl sites for hydroxylation is 1. The van der Waals surface area contributed by atoms with Crippen molar-refractivity contribution in [2.24, 2.45) is 5.41 Å². The Morgan fingerprint density at radius 3 is 2.40 bits per heavy atom. The van der Waals surface area contributed by atoms with E-state index in [1.165, 1.54) is 0 Å². The minimum Gasteiger partial charge on any atom is -0.481 e. The number of likely N-dealkylation sites (tertiary alicyclic amines) is 1. The van der Waals surface area contributed by atoms with E-state index < -0.39 is 21.4 Å². The lowest BCUT2D eigenvalue weighted by Gasteiger charge is -2.32. The van der Waals surface area contributed by atoms with E-state index in [2.05, 4.69) is 21.0 Å². The number of carboxylic acid groups (broad SMARTS) is 1. The van der Waals surface area contributed by atoms with Gasteiger partial charge in [-0.3, -0.25) is 14.7 Å². The second kappa shape index (κ2) is 14.8. The molecule has 0 atom stereocenters. The van der Waals surface area contributed by atoms with Crippen molar-refractivity contribution in [1.82, 2.24) is 14.6 Å². The minimum absolute atomic E-state index is 0.0759. The highest BCUT2D eigenvalue weighted by Crippen LogP contribution is 2.31. The van der Waals surface area contributed by atoms with Crippen LogP contribution in [-0.2, 0) is 21.4 Å². The van der Waals surface area contributed by atoms with Crippen LogP contribution in [0.2, 0.25) is 0 Å². The number of hydrogen-bond acceptors (Lipinski definition) is 6. The van der Waals surface area contributed by atoms with Crippen molar-refractivity contribution in [1.29, 1.82) is 0 Å². The third-order valence-electron chi connectivity index (χ3n) is 8.53. The second-order valence-electron chi connectivity index (χ2n) is 11.5. The number of piperidine rings is 1. The number of carbonyl (C=O) groups is 1. The molecule has 1 aliphatic heterocycles. The van der Waals surface area contributed by atoms with Crippen molar-refractivity contribution in [2.75, 3.05) is 25.0 Å². The first-order valence-electron chi connectivity index (χ1n) is 15.1. The fourth-order valence-electron chi connectivity index (χ4n) is 5.51. The number of nitrogens with zero attached hydrogens (tertiary/aromatic N) is 2. The van der Waals surface area contributed by atoms with Crippen LogP contribution in [-0.4, -0.2) is 55.1 Å². The number of pyridine rings is 1. The molecule has 8 nitrogen and oxygen atoms in total. The van der Waals surface area contributed by atoms with Crippen LogP contribution in [0, 0.1) is 12.3 Å². The number of sulfonamides is 1. The van der Waals surface area contributed by atoms with Crippen LogP contribution in [0.4, 0.5) is 5.69 Å². The lowest BCUT2D eigenvalue weighted by molar-refractivity contribution is -0.149. The zero-order chi connectivity index (χ0) is 30.9. The highest BCUT2D eigenvalue weighted by atomic mass is 32.2. The molecular formula is C34H44N4O4S. The summed E-state index contributed by atoms with van der Waals surface area (Å²) in [5, 5.41) is 13.1. The number of aromatic nitrogens is 1. The molecule has 0 radical (unpaired) electrons. The van der Waals surface area contributed by atoms with Crippen LogP contribution >= 0.6 is 0 Å². The van der Waals surface area contributed by atoms with E-state index in [1.807, 2.05) is 81.5 Å². The lowest BCUT2D eigenvalue weighted by Crippen LogP contribution is -2.44. The lowest BCUT2D eigenvalue weighted by atomic mass is 9.79. The van der Waals surface area contributed by atoms with Crippen LogP contribution in [0.3, 0.4) is 0 Å². The third-order valence-corrected chi connectivity index (χ3v) is 10.1. The summed E-state index contributed by atoms with van der Waals surface area (Å²) in [7, 11) is -3.52. The smallest absolute Gasteiger partial charge is 0.309 e. The number of benzene rings is 2. The van der Waals surface area contributed by atoms with Crippen LogP contribution in [0.5, 0.6) is 0 Å². The van der Waals surface area contributed by atoms with Gasteiger partial charge in [0.2, 0.25) is 10.0 Å². The first kappa shape index (κ1) is 32.4. The van der Waals surface area contributed by atoms with E-state index in [0.29, 0.717) is 37.2 Å². The van der Waals surface area contributed by atoms with E-state index in [-0.39, 0.29) is 6.04 Å². The molecule has 0 bridgehead atoms. The molecule has 3 aromatic rings. The Balaban J connectivity index is 1.28. The summed E-state index contributed by atoms with van der Waals surface area (Å²) in [6.45, 7) is 8.73. The van der Waals surface area contributed by atoms with Crippen molar-refractivity contribution < 1.29 is 18.3 Å². The van der Waals surface area contributed by atoms with E-state index in [9.17, 15) is 18.3 Å². The van der Waals surface area contributed by atoms with Crippen LogP contribution < -0.4 is 10.0 Å². The van der Waals surface area contributed by atoms with Gasteiger partial charge in [-0.05, 0) is 87.1 Å². The highest BCUT2D eigenvalue weighted by Gasteiger charge is 2.34. The molecule has 4 rings (SSSR count). The summed E-state index contributed by atoms with van der Waals surface area (Å²) in [4.78, 5) is 19.2. The average molecular weight is 605 g/mol. The fourth-order valence-corrected chi connectivity index (χ4v) is 6.82. The summed E-state index contributed by atoms with van der Waals surface area (Å²) >= 11 is 0. The highest BCUT2D eigenvalue weighted by molar-refractivity contribution is 7.89. The van der Waals surface area contributed by atoms with Crippen molar-refractivity contribution in [3.8, 4) is 0 Å². The average Bonchev–Trinajstić information content (AvgIpc) is 3.00. The molecule has 1 saturated heterocycles. The Labute approximate surface area is 256 Å².